The maximum atomic E-state index is 5.05. The van der Waals surface area contributed by atoms with Crippen molar-refractivity contribution < 1.29 is 0 Å². The van der Waals surface area contributed by atoms with Crippen LogP contribution in [0.25, 0.3) is 87.1 Å². The molecule has 1 aromatic heterocycles. The number of nitrogens with zero attached hydrogens (tertiary/aromatic N) is 1. The second-order valence-corrected chi connectivity index (χ2v) is 11.1. The van der Waals surface area contributed by atoms with Gasteiger partial charge in [-0.2, -0.15) is 0 Å². The standard InChI is InChI=1S/C41H25N/c1-2-10-26(11-3-1)28-18-21-32-33-22-19-29(39-23-20-27-12-4-9-17-38(27)42-39)25-37(33)41-35-16-8-6-14-31(35)30-13-5-7-15-34(30)40(41)36(32)24-28/h1-25H. The number of hydrogen-bond acceptors (Lipinski definition) is 1. The molecule has 1 heterocycles. The quantitative estimate of drug-likeness (QED) is 0.202. The summed E-state index contributed by atoms with van der Waals surface area (Å²) in [5.41, 5.74) is 5.61. The molecule has 0 unspecified atom stereocenters. The highest BCUT2D eigenvalue weighted by molar-refractivity contribution is 6.39. The van der Waals surface area contributed by atoms with Crippen LogP contribution in [0.3, 0.4) is 0 Å². The highest BCUT2D eigenvalue weighted by Gasteiger charge is 2.17. The van der Waals surface area contributed by atoms with Crippen LogP contribution in [0.2, 0.25) is 0 Å². The molecule has 9 aromatic rings. The lowest BCUT2D eigenvalue weighted by Crippen LogP contribution is -1.91. The number of rotatable bonds is 2. The summed E-state index contributed by atoms with van der Waals surface area (Å²) in [6.45, 7) is 0. The van der Waals surface area contributed by atoms with Crippen LogP contribution in [-0.2, 0) is 0 Å². The van der Waals surface area contributed by atoms with E-state index in [9.17, 15) is 0 Å². The van der Waals surface area contributed by atoms with E-state index in [1.165, 1.54) is 65.0 Å². The maximum absolute atomic E-state index is 5.05. The molecule has 0 bridgehead atoms. The summed E-state index contributed by atoms with van der Waals surface area (Å²) in [5.74, 6) is 0. The molecule has 1 nitrogen and oxygen atoms in total. The van der Waals surface area contributed by atoms with Gasteiger partial charge in [0.15, 0.2) is 0 Å². The first kappa shape index (κ1) is 23.2. The second-order valence-electron chi connectivity index (χ2n) is 11.1. The van der Waals surface area contributed by atoms with E-state index in [0.29, 0.717) is 0 Å². The normalized spacial score (nSPS) is 11.8. The molecule has 1 heteroatoms. The summed E-state index contributed by atoms with van der Waals surface area (Å²) in [5, 5.41) is 14.0. The molecule has 0 amide bonds. The summed E-state index contributed by atoms with van der Waals surface area (Å²) in [6.07, 6.45) is 0. The smallest absolute Gasteiger partial charge is 0.0709 e. The molecule has 0 fully saturated rings. The van der Waals surface area contributed by atoms with Gasteiger partial charge in [-0.15, -0.1) is 0 Å². The molecule has 194 valence electrons. The number of pyridine rings is 1. The van der Waals surface area contributed by atoms with E-state index in [1.54, 1.807) is 0 Å². The highest BCUT2D eigenvalue weighted by atomic mass is 14.7. The average molecular weight is 532 g/mol. The summed E-state index contributed by atoms with van der Waals surface area (Å²) < 4.78 is 0. The van der Waals surface area contributed by atoms with Gasteiger partial charge in [-0.3, -0.25) is 0 Å². The van der Waals surface area contributed by atoms with Crippen molar-refractivity contribution in [2.75, 3.05) is 0 Å². The molecular weight excluding hydrogens is 506 g/mol. The molecule has 0 spiro atoms. The van der Waals surface area contributed by atoms with E-state index in [0.717, 1.165) is 22.2 Å². The minimum Gasteiger partial charge on any atom is -0.248 e. The summed E-state index contributed by atoms with van der Waals surface area (Å²) in [6, 6.07) is 55.0. The van der Waals surface area contributed by atoms with Crippen LogP contribution in [-0.4, -0.2) is 4.98 Å². The van der Waals surface area contributed by atoms with Gasteiger partial charge in [0.25, 0.3) is 0 Å². The Morgan fingerprint density at radius 1 is 0.310 bits per heavy atom. The predicted octanol–water partition coefficient (Wildman–Crippen LogP) is 11.3. The molecule has 0 aliphatic carbocycles. The predicted molar refractivity (Wildman–Crippen MR) is 180 cm³/mol. The molecule has 0 N–H and O–H groups in total. The largest absolute Gasteiger partial charge is 0.248 e. The lowest BCUT2D eigenvalue weighted by molar-refractivity contribution is 1.40. The Morgan fingerprint density at radius 3 is 1.52 bits per heavy atom. The van der Waals surface area contributed by atoms with E-state index in [2.05, 4.69) is 152 Å². The SMILES string of the molecule is c1ccc(-c2ccc3c4ccc(-c5ccc6ccccc6n5)cc4c4c5ccccc5c5ccccc5c4c3c2)cc1. The Hall–Kier alpha value is -5.53. The number of hydrogen-bond donors (Lipinski definition) is 0. The number of aromatic nitrogens is 1. The third-order valence-corrected chi connectivity index (χ3v) is 8.80. The van der Waals surface area contributed by atoms with Crippen molar-refractivity contribution in [3.8, 4) is 22.4 Å². The van der Waals surface area contributed by atoms with Gasteiger partial charge in [-0.1, -0.05) is 127 Å². The van der Waals surface area contributed by atoms with Gasteiger partial charge < -0.3 is 0 Å². The lowest BCUT2D eigenvalue weighted by atomic mass is 9.85. The van der Waals surface area contributed by atoms with Gasteiger partial charge in [0, 0.05) is 10.9 Å². The Bertz CT molecular complexity index is 2510. The average Bonchev–Trinajstić information content (AvgIpc) is 3.07. The second kappa shape index (κ2) is 8.99. The van der Waals surface area contributed by atoms with Gasteiger partial charge in [0.2, 0.25) is 0 Å². The Morgan fingerprint density at radius 2 is 0.833 bits per heavy atom. The van der Waals surface area contributed by atoms with Crippen molar-refractivity contribution in [3.05, 3.63) is 152 Å². The third kappa shape index (κ3) is 3.41. The van der Waals surface area contributed by atoms with Gasteiger partial charge in [0.1, 0.15) is 0 Å². The van der Waals surface area contributed by atoms with Gasteiger partial charge in [0.05, 0.1) is 11.2 Å². The zero-order valence-corrected chi connectivity index (χ0v) is 22.9. The first-order valence-corrected chi connectivity index (χ1v) is 14.5. The van der Waals surface area contributed by atoms with Crippen molar-refractivity contribution in [1.82, 2.24) is 4.98 Å². The monoisotopic (exact) mass is 531 g/mol. The van der Waals surface area contributed by atoms with Crippen LogP contribution in [0.5, 0.6) is 0 Å². The minimum atomic E-state index is 0.994. The molecule has 0 saturated heterocycles. The Kier molecular flexibility index (Phi) is 4.97. The van der Waals surface area contributed by atoms with E-state index in [4.69, 9.17) is 4.98 Å². The van der Waals surface area contributed by atoms with Crippen LogP contribution in [0.1, 0.15) is 0 Å². The van der Waals surface area contributed by atoms with Crippen LogP contribution in [0.15, 0.2) is 152 Å². The molecule has 8 aromatic carbocycles. The zero-order chi connectivity index (χ0) is 27.6. The molecule has 42 heavy (non-hydrogen) atoms. The fourth-order valence-electron chi connectivity index (χ4n) is 6.87. The van der Waals surface area contributed by atoms with Crippen molar-refractivity contribution >= 4 is 64.8 Å². The van der Waals surface area contributed by atoms with Gasteiger partial charge in [-0.05, 0) is 89.3 Å². The zero-order valence-electron chi connectivity index (χ0n) is 22.9. The van der Waals surface area contributed by atoms with Crippen LogP contribution < -0.4 is 0 Å². The molecule has 9 rings (SSSR count). The Balaban J connectivity index is 1.47. The van der Waals surface area contributed by atoms with Crippen molar-refractivity contribution in [3.63, 3.8) is 0 Å². The van der Waals surface area contributed by atoms with Crippen molar-refractivity contribution in [2.24, 2.45) is 0 Å². The van der Waals surface area contributed by atoms with Gasteiger partial charge in [-0.25, -0.2) is 4.98 Å². The topological polar surface area (TPSA) is 12.9 Å². The molecule has 0 saturated carbocycles. The van der Waals surface area contributed by atoms with Crippen LogP contribution >= 0.6 is 0 Å². The van der Waals surface area contributed by atoms with E-state index in [1.807, 2.05) is 0 Å². The lowest BCUT2D eigenvalue weighted by Gasteiger charge is -2.18. The third-order valence-electron chi connectivity index (χ3n) is 8.80. The molecule has 0 atom stereocenters. The number of benzene rings is 8. The first-order chi connectivity index (χ1) is 20.8. The van der Waals surface area contributed by atoms with E-state index < -0.39 is 0 Å². The maximum Gasteiger partial charge on any atom is 0.0709 e. The van der Waals surface area contributed by atoms with Crippen molar-refractivity contribution in [1.29, 1.82) is 0 Å². The molecule has 0 aliphatic rings. The van der Waals surface area contributed by atoms with E-state index in [-0.39, 0.29) is 0 Å². The fourth-order valence-corrected chi connectivity index (χ4v) is 6.87. The van der Waals surface area contributed by atoms with Crippen molar-refractivity contribution in [2.45, 2.75) is 0 Å². The number of para-hydroxylation sites is 1. The van der Waals surface area contributed by atoms with Crippen LogP contribution in [0, 0.1) is 0 Å². The first-order valence-electron chi connectivity index (χ1n) is 14.5. The highest BCUT2D eigenvalue weighted by Crippen LogP contribution is 2.45. The summed E-state index contributed by atoms with van der Waals surface area (Å²) >= 11 is 0. The fraction of sp³-hybridized carbons (Fsp3) is 0. The van der Waals surface area contributed by atoms with Crippen LogP contribution in [0.4, 0.5) is 0 Å². The summed E-state index contributed by atoms with van der Waals surface area (Å²) in [4.78, 5) is 5.05. The minimum absolute atomic E-state index is 0.994. The molecule has 0 radical (unpaired) electrons. The Labute approximate surface area is 243 Å². The molecular formula is C41H25N. The summed E-state index contributed by atoms with van der Waals surface area (Å²) in [7, 11) is 0. The van der Waals surface area contributed by atoms with E-state index >= 15 is 0 Å². The van der Waals surface area contributed by atoms with Gasteiger partial charge >= 0.3 is 0 Å². The molecule has 0 aliphatic heterocycles. The number of fused-ring (bicyclic) bond motifs is 12.